The Balaban J connectivity index is 2.39. The normalized spacial score (nSPS) is 10.4. The van der Waals surface area contributed by atoms with E-state index in [1.54, 1.807) is 6.20 Å². The van der Waals surface area contributed by atoms with Gasteiger partial charge in [-0.3, -0.25) is 9.67 Å². The first-order valence-corrected chi connectivity index (χ1v) is 5.36. The Morgan fingerprint density at radius 2 is 2.31 bits per heavy atom. The van der Waals surface area contributed by atoms with Gasteiger partial charge in [0.2, 0.25) is 5.88 Å². The highest BCUT2D eigenvalue weighted by Gasteiger charge is 2.04. The summed E-state index contributed by atoms with van der Waals surface area (Å²) in [6.45, 7) is 4.41. The zero-order valence-electron chi connectivity index (χ0n) is 9.10. The number of aryl methyl sites for hydroxylation is 1. The summed E-state index contributed by atoms with van der Waals surface area (Å²) >= 11 is 5.12. The fourth-order valence-corrected chi connectivity index (χ4v) is 1.70. The van der Waals surface area contributed by atoms with Gasteiger partial charge in [-0.2, -0.15) is 5.10 Å². The molecule has 0 aliphatic heterocycles. The monoisotopic (exact) mass is 236 g/mol. The average molecular weight is 236 g/mol. The van der Waals surface area contributed by atoms with Gasteiger partial charge in [0.1, 0.15) is 5.82 Å². The summed E-state index contributed by atoms with van der Waals surface area (Å²) in [7, 11) is 0. The number of ether oxygens (including phenoxy) is 1. The maximum Gasteiger partial charge on any atom is 0.213 e. The van der Waals surface area contributed by atoms with Crippen LogP contribution in [0.5, 0.6) is 5.88 Å². The quantitative estimate of drug-likeness (QED) is 0.828. The first-order valence-electron chi connectivity index (χ1n) is 4.95. The van der Waals surface area contributed by atoms with E-state index < -0.39 is 0 Å². The van der Waals surface area contributed by atoms with Crippen molar-refractivity contribution in [3.05, 3.63) is 28.9 Å². The lowest BCUT2D eigenvalue weighted by atomic mass is 10.4. The second-order valence-electron chi connectivity index (χ2n) is 3.20. The predicted octanol–water partition coefficient (Wildman–Crippen LogP) is 2.03. The molecule has 0 unspecified atom stereocenters. The van der Waals surface area contributed by atoms with E-state index >= 15 is 0 Å². The second-order valence-corrected chi connectivity index (χ2v) is 3.59. The molecule has 0 radical (unpaired) electrons. The zero-order chi connectivity index (χ0) is 11.5. The number of aromatic amines is 1. The van der Waals surface area contributed by atoms with Crippen molar-refractivity contribution in [3.63, 3.8) is 0 Å². The highest BCUT2D eigenvalue weighted by atomic mass is 32.1. The van der Waals surface area contributed by atoms with E-state index in [4.69, 9.17) is 17.0 Å². The Morgan fingerprint density at radius 3 is 2.81 bits per heavy atom. The molecule has 0 fully saturated rings. The molecule has 2 heterocycles. The Hall–Kier alpha value is -1.69. The van der Waals surface area contributed by atoms with Gasteiger partial charge in [-0.05, 0) is 32.1 Å². The molecule has 0 amide bonds. The number of H-pyrrole nitrogens is 1. The molecule has 84 valence electrons. The summed E-state index contributed by atoms with van der Waals surface area (Å²) in [5, 5.41) is 6.77. The molecule has 5 nitrogen and oxygen atoms in total. The van der Waals surface area contributed by atoms with Crippen molar-refractivity contribution < 1.29 is 4.74 Å². The highest BCUT2D eigenvalue weighted by molar-refractivity contribution is 7.71. The Kier molecular flexibility index (Phi) is 3.00. The minimum absolute atomic E-state index is 0.559. The number of nitrogens with one attached hydrogen (secondary N) is 1. The molecule has 0 aromatic carbocycles. The van der Waals surface area contributed by atoms with Gasteiger partial charge in [0.05, 0.1) is 18.5 Å². The molecule has 2 aromatic rings. The molecule has 16 heavy (non-hydrogen) atoms. The zero-order valence-corrected chi connectivity index (χ0v) is 9.91. The fourth-order valence-electron chi connectivity index (χ4n) is 1.42. The molecule has 0 saturated carbocycles. The van der Waals surface area contributed by atoms with Crippen molar-refractivity contribution in [2.45, 2.75) is 13.8 Å². The third-order valence-corrected chi connectivity index (χ3v) is 2.39. The lowest BCUT2D eigenvalue weighted by Gasteiger charge is -2.05. The summed E-state index contributed by atoms with van der Waals surface area (Å²) < 4.78 is 7.65. The molecular weight excluding hydrogens is 224 g/mol. The maximum absolute atomic E-state index is 5.27. The Labute approximate surface area is 98.1 Å². The first-order chi connectivity index (χ1) is 7.72. The van der Waals surface area contributed by atoms with Gasteiger partial charge in [-0.25, -0.2) is 4.98 Å². The van der Waals surface area contributed by atoms with Crippen molar-refractivity contribution in [3.8, 4) is 11.6 Å². The van der Waals surface area contributed by atoms with Crippen LogP contribution in [0, 0.1) is 11.7 Å². The summed E-state index contributed by atoms with van der Waals surface area (Å²) in [5.74, 6) is 1.41. The van der Waals surface area contributed by atoms with Crippen molar-refractivity contribution >= 4 is 12.2 Å². The van der Waals surface area contributed by atoms with Gasteiger partial charge in [0.15, 0.2) is 4.77 Å². The number of pyridine rings is 1. The Morgan fingerprint density at radius 1 is 1.50 bits per heavy atom. The summed E-state index contributed by atoms with van der Waals surface area (Å²) in [6, 6.07) is 3.71. The van der Waals surface area contributed by atoms with Crippen LogP contribution in [0.2, 0.25) is 0 Å². The van der Waals surface area contributed by atoms with E-state index in [-0.39, 0.29) is 0 Å². The molecule has 6 heteroatoms. The van der Waals surface area contributed by atoms with E-state index in [1.807, 2.05) is 30.5 Å². The lowest BCUT2D eigenvalue weighted by molar-refractivity contribution is 0.327. The van der Waals surface area contributed by atoms with E-state index in [0.717, 1.165) is 11.5 Å². The number of hydrogen-bond acceptors (Lipinski definition) is 4. The number of nitrogens with zero attached hydrogens (tertiary/aromatic N) is 3. The van der Waals surface area contributed by atoms with Crippen LogP contribution in [-0.4, -0.2) is 26.4 Å². The molecule has 2 aromatic heterocycles. The van der Waals surface area contributed by atoms with Crippen LogP contribution in [0.25, 0.3) is 5.69 Å². The average Bonchev–Trinajstić information content (AvgIpc) is 2.61. The van der Waals surface area contributed by atoms with E-state index in [0.29, 0.717) is 17.3 Å². The van der Waals surface area contributed by atoms with Gasteiger partial charge in [-0.1, -0.05) is 0 Å². The van der Waals surface area contributed by atoms with Crippen LogP contribution in [-0.2, 0) is 0 Å². The minimum Gasteiger partial charge on any atom is -0.478 e. The van der Waals surface area contributed by atoms with E-state index in [9.17, 15) is 0 Å². The number of hydrogen-bond donors (Lipinski definition) is 1. The summed E-state index contributed by atoms with van der Waals surface area (Å²) in [6.07, 6.45) is 1.71. The molecule has 2 rings (SSSR count). The predicted molar refractivity (Wildman–Crippen MR) is 62.4 cm³/mol. The van der Waals surface area contributed by atoms with Gasteiger partial charge < -0.3 is 4.74 Å². The topological polar surface area (TPSA) is 55.7 Å². The van der Waals surface area contributed by atoms with Crippen molar-refractivity contribution in [2.75, 3.05) is 6.61 Å². The molecular formula is C10H12N4OS. The van der Waals surface area contributed by atoms with Crippen molar-refractivity contribution in [1.29, 1.82) is 0 Å². The molecule has 0 atom stereocenters. The molecule has 0 aliphatic rings. The van der Waals surface area contributed by atoms with Gasteiger partial charge >= 0.3 is 0 Å². The number of aromatic nitrogens is 4. The Bertz CT molecular complexity index is 528. The van der Waals surface area contributed by atoms with Crippen molar-refractivity contribution in [1.82, 2.24) is 19.7 Å². The molecule has 0 aliphatic carbocycles. The third-order valence-electron chi connectivity index (χ3n) is 2.11. The van der Waals surface area contributed by atoms with Crippen LogP contribution in [0.1, 0.15) is 12.7 Å². The maximum atomic E-state index is 5.27. The third kappa shape index (κ3) is 1.96. The van der Waals surface area contributed by atoms with Gasteiger partial charge in [0.25, 0.3) is 0 Å². The van der Waals surface area contributed by atoms with Crippen molar-refractivity contribution in [2.24, 2.45) is 0 Å². The van der Waals surface area contributed by atoms with Crippen LogP contribution in [0.4, 0.5) is 0 Å². The molecule has 1 N–H and O–H groups in total. The van der Waals surface area contributed by atoms with E-state index in [1.165, 1.54) is 0 Å². The smallest absolute Gasteiger partial charge is 0.213 e. The summed E-state index contributed by atoms with van der Waals surface area (Å²) in [4.78, 5) is 4.18. The standard InChI is InChI=1S/C10H12N4OS/c1-3-15-9-5-4-8(6-11-9)14-7(2)12-13-10(14)16/h4-6H,3H2,1-2H3,(H,13,16). The minimum atomic E-state index is 0.559. The SMILES string of the molecule is CCOc1ccc(-n2c(C)n[nH]c2=S)cn1. The molecule has 0 bridgehead atoms. The van der Waals surface area contributed by atoms with Gasteiger partial charge in [0, 0.05) is 6.07 Å². The summed E-state index contributed by atoms with van der Waals surface area (Å²) in [5.41, 5.74) is 0.875. The number of rotatable bonds is 3. The second kappa shape index (κ2) is 4.44. The van der Waals surface area contributed by atoms with Crippen LogP contribution in [0.3, 0.4) is 0 Å². The van der Waals surface area contributed by atoms with Gasteiger partial charge in [-0.15, -0.1) is 0 Å². The van der Waals surface area contributed by atoms with Crippen LogP contribution in [0.15, 0.2) is 18.3 Å². The lowest BCUT2D eigenvalue weighted by Crippen LogP contribution is -1.99. The van der Waals surface area contributed by atoms with Crippen LogP contribution >= 0.6 is 12.2 Å². The molecule has 0 spiro atoms. The fraction of sp³-hybridized carbons (Fsp3) is 0.300. The van der Waals surface area contributed by atoms with E-state index in [2.05, 4.69) is 15.2 Å². The highest BCUT2D eigenvalue weighted by Crippen LogP contribution is 2.13. The largest absolute Gasteiger partial charge is 0.478 e. The van der Waals surface area contributed by atoms with Crippen LogP contribution < -0.4 is 4.74 Å². The molecule has 0 saturated heterocycles. The first kappa shape index (κ1) is 10.8.